The third kappa shape index (κ3) is 3.59. The number of aliphatic imine (C=N–C) groups is 1. The van der Waals surface area contributed by atoms with Crippen molar-refractivity contribution in [2.45, 2.75) is 38.8 Å². The zero-order chi connectivity index (χ0) is 16.9. The van der Waals surface area contributed by atoms with E-state index in [0.29, 0.717) is 19.1 Å². The van der Waals surface area contributed by atoms with Crippen LogP contribution in [0.1, 0.15) is 35.4 Å². The Kier molecular flexibility index (Phi) is 5.15. The van der Waals surface area contributed by atoms with Crippen LogP contribution in [0, 0.1) is 0 Å². The fourth-order valence-electron chi connectivity index (χ4n) is 3.21. The molecule has 0 bridgehead atoms. The zero-order valence-corrected chi connectivity index (χ0v) is 14.4. The molecule has 0 amide bonds. The maximum atomic E-state index is 6.08. The van der Waals surface area contributed by atoms with Gasteiger partial charge in [0.15, 0.2) is 5.96 Å². The number of nitrogens with one attached hydrogen (secondary N) is 1. The number of nitrogens with two attached hydrogens (primary N) is 1. The summed E-state index contributed by atoms with van der Waals surface area (Å²) < 4.78 is 7.16. The number of fused-ring (bicyclic) bond motifs is 1. The van der Waals surface area contributed by atoms with Crippen molar-refractivity contribution >= 4 is 11.6 Å². The highest BCUT2D eigenvalue weighted by atomic mass is 16.5. The molecule has 3 rings (SSSR count). The lowest BCUT2D eigenvalue weighted by Crippen LogP contribution is -2.23. The van der Waals surface area contributed by atoms with Gasteiger partial charge in [-0.05, 0) is 37.3 Å². The number of benzene rings is 1. The van der Waals surface area contributed by atoms with Crippen LogP contribution >= 0.6 is 0 Å². The standard InChI is InChI=1S/C18H25N5O/c1-23-17(14-8-4-6-10-16(14)22-23)11-20-18(19)21-15-9-5-3-7-13(15)12-24-2/h3,5,7,9H,4,6,8,10-12H2,1-2H3,(H3,19,20,21). The van der Waals surface area contributed by atoms with Gasteiger partial charge in [0.25, 0.3) is 0 Å². The average Bonchev–Trinajstić information content (AvgIpc) is 2.90. The quantitative estimate of drug-likeness (QED) is 0.653. The summed E-state index contributed by atoms with van der Waals surface area (Å²) in [6.07, 6.45) is 4.63. The Morgan fingerprint density at radius 1 is 1.33 bits per heavy atom. The number of hydrogen-bond donors (Lipinski definition) is 2. The summed E-state index contributed by atoms with van der Waals surface area (Å²) in [5, 5.41) is 7.80. The summed E-state index contributed by atoms with van der Waals surface area (Å²) in [5.74, 6) is 0.407. The average molecular weight is 327 g/mol. The monoisotopic (exact) mass is 327 g/mol. The Bertz CT molecular complexity index is 735. The molecule has 6 heteroatoms. The van der Waals surface area contributed by atoms with E-state index >= 15 is 0 Å². The molecule has 0 unspecified atom stereocenters. The van der Waals surface area contributed by atoms with Gasteiger partial charge in [0.05, 0.1) is 24.5 Å². The van der Waals surface area contributed by atoms with Crippen molar-refractivity contribution in [2.24, 2.45) is 17.8 Å². The second-order valence-corrected chi connectivity index (χ2v) is 6.12. The van der Waals surface area contributed by atoms with E-state index in [0.717, 1.165) is 24.1 Å². The normalized spacial score (nSPS) is 14.5. The van der Waals surface area contributed by atoms with Crippen LogP contribution in [0.5, 0.6) is 0 Å². The minimum atomic E-state index is 0.407. The van der Waals surface area contributed by atoms with Crippen molar-refractivity contribution in [1.29, 1.82) is 0 Å². The molecule has 0 saturated carbocycles. The van der Waals surface area contributed by atoms with Crippen LogP contribution in [0.2, 0.25) is 0 Å². The minimum Gasteiger partial charge on any atom is -0.380 e. The summed E-state index contributed by atoms with van der Waals surface area (Å²) >= 11 is 0. The van der Waals surface area contributed by atoms with Gasteiger partial charge in [-0.15, -0.1) is 0 Å². The molecule has 2 aromatic rings. The molecule has 1 aromatic heterocycles. The molecule has 24 heavy (non-hydrogen) atoms. The summed E-state index contributed by atoms with van der Waals surface area (Å²) in [5.41, 5.74) is 11.8. The molecule has 0 fully saturated rings. The molecule has 1 heterocycles. The number of anilines is 1. The van der Waals surface area contributed by atoms with Gasteiger partial charge in [-0.1, -0.05) is 18.2 Å². The predicted molar refractivity (Wildman–Crippen MR) is 96.0 cm³/mol. The lowest BCUT2D eigenvalue weighted by molar-refractivity contribution is 0.185. The zero-order valence-electron chi connectivity index (χ0n) is 14.4. The van der Waals surface area contributed by atoms with E-state index < -0.39 is 0 Å². The van der Waals surface area contributed by atoms with Crippen LogP contribution < -0.4 is 11.1 Å². The Morgan fingerprint density at radius 2 is 2.12 bits per heavy atom. The Hall–Kier alpha value is -2.34. The number of rotatable bonds is 5. The number of aromatic nitrogens is 2. The lowest BCUT2D eigenvalue weighted by Gasteiger charge is -2.12. The molecule has 1 aliphatic rings. The van der Waals surface area contributed by atoms with E-state index in [1.54, 1.807) is 7.11 Å². The second-order valence-electron chi connectivity index (χ2n) is 6.12. The van der Waals surface area contributed by atoms with Gasteiger partial charge in [0.2, 0.25) is 0 Å². The van der Waals surface area contributed by atoms with Crippen molar-refractivity contribution < 1.29 is 4.74 Å². The molecule has 0 radical (unpaired) electrons. The fourth-order valence-corrected chi connectivity index (χ4v) is 3.21. The van der Waals surface area contributed by atoms with Gasteiger partial charge < -0.3 is 15.8 Å². The van der Waals surface area contributed by atoms with Crippen LogP contribution in [0.25, 0.3) is 0 Å². The van der Waals surface area contributed by atoms with Gasteiger partial charge >= 0.3 is 0 Å². The number of aryl methyl sites for hydroxylation is 2. The molecule has 1 aliphatic carbocycles. The molecule has 1 aromatic carbocycles. The van der Waals surface area contributed by atoms with E-state index in [1.807, 2.05) is 36.0 Å². The first kappa shape index (κ1) is 16.5. The van der Waals surface area contributed by atoms with Crippen molar-refractivity contribution in [1.82, 2.24) is 9.78 Å². The van der Waals surface area contributed by atoms with E-state index in [4.69, 9.17) is 10.5 Å². The van der Waals surface area contributed by atoms with Crippen molar-refractivity contribution in [3.63, 3.8) is 0 Å². The van der Waals surface area contributed by atoms with Crippen LogP contribution in [0.3, 0.4) is 0 Å². The van der Waals surface area contributed by atoms with E-state index in [9.17, 15) is 0 Å². The second kappa shape index (κ2) is 7.49. The van der Waals surface area contributed by atoms with Gasteiger partial charge in [-0.3, -0.25) is 4.68 Å². The summed E-state index contributed by atoms with van der Waals surface area (Å²) in [7, 11) is 3.67. The Labute approximate surface area is 142 Å². The van der Waals surface area contributed by atoms with Gasteiger partial charge in [-0.25, -0.2) is 4.99 Å². The third-order valence-corrected chi connectivity index (χ3v) is 4.43. The first-order valence-corrected chi connectivity index (χ1v) is 8.36. The van der Waals surface area contributed by atoms with Crippen molar-refractivity contribution in [3.8, 4) is 0 Å². The molecule has 0 atom stereocenters. The summed E-state index contributed by atoms with van der Waals surface area (Å²) in [6.45, 7) is 1.08. The molecule has 0 saturated heterocycles. The topological polar surface area (TPSA) is 77.5 Å². The molecule has 128 valence electrons. The maximum absolute atomic E-state index is 6.08. The Balaban J connectivity index is 1.72. The number of hydrogen-bond acceptors (Lipinski definition) is 3. The first-order valence-electron chi connectivity index (χ1n) is 8.36. The number of nitrogens with zero attached hydrogens (tertiary/aromatic N) is 3. The number of ether oxygens (including phenoxy) is 1. The highest BCUT2D eigenvalue weighted by molar-refractivity contribution is 5.92. The highest BCUT2D eigenvalue weighted by Gasteiger charge is 2.18. The molecular formula is C18H25N5O. The summed E-state index contributed by atoms with van der Waals surface area (Å²) in [6, 6.07) is 7.93. The lowest BCUT2D eigenvalue weighted by atomic mass is 9.96. The van der Waals surface area contributed by atoms with Gasteiger partial charge in [-0.2, -0.15) is 5.10 Å². The number of guanidine groups is 1. The summed E-state index contributed by atoms with van der Waals surface area (Å²) in [4.78, 5) is 4.51. The van der Waals surface area contributed by atoms with Crippen LogP contribution in [-0.2, 0) is 37.8 Å². The largest absolute Gasteiger partial charge is 0.380 e. The number of methoxy groups -OCH3 is 1. The SMILES string of the molecule is COCc1ccccc1NC(N)=NCc1c2c(nn1C)CCCC2. The van der Waals surface area contributed by atoms with E-state index in [1.165, 1.54) is 29.8 Å². The molecule has 6 nitrogen and oxygen atoms in total. The molecular weight excluding hydrogens is 302 g/mol. The Morgan fingerprint density at radius 3 is 2.96 bits per heavy atom. The maximum Gasteiger partial charge on any atom is 0.193 e. The van der Waals surface area contributed by atoms with Crippen LogP contribution in [0.15, 0.2) is 29.3 Å². The number of para-hydroxylation sites is 1. The smallest absolute Gasteiger partial charge is 0.193 e. The van der Waals surface area contributed by atoms with Gasteiger partial charge in [0.1, 0.15) is 0 Å². The van der Waals surface area contributed by atoms with Crippen LogP contribution in [-0.4, -0.2) is 22.8 Å². The first-order chi connectivity index (χ1) is 11.7. The van der Waals surface area contributed by atoms with Crippen LogP contribution in [0.4, 0.5) is 5.69 Å². The fraction of sp³-hybridized carbons (Fsp3) is 0.444. The third-order valence-electron chi connectivity index (χ3n) is 4.43. The molecule has 0 spiro atoms. The highest BCUT2D eigenvalue weighted by Crippen LogP contribution is 2.24. The van der Waals surface area contributed by atoms with Crippen molar-refractivity contribution in [3.05, 3.63) is 46.8 Å². The van der Waals surface area contributed by atoms with Gasteiger partial charge in [0, 0.05) is 25.4 Å². The van der Waals surface area contributed by atoms with Crippen molar-refractivity contribution in [2.75, 3.05) is 12.4 Å². The minimum absolute atomic E-state index is 0.407. The molecule has 0 aliphatic heterocycles. The predicted octanol–water partition coefficient (Wildman–Crippen LogP) is 2.37. The van der Waals surface area contributed by atoms with E-state index in [2.05, 4.69) is 15.4 Å². The molecule has 3 N–H and O–H groups in total. The van der Waals surface area contributed by atoms with E-state index in [-0.39, 0.29) is 0 Å².